The molecule has 0 aliphatic carbocycles. The van der Waals surface area contributed by atoms with Crippen molar-refractivity contribution in [3.05, 3.63) is 0 Å². The van der Waals surface area contributed by atoms with E-state index in [4.69, 9.17) is 0 Å². The highest BCUT2D eigenvalue weighted by molar-refractivity contribution is 7.67. The highest BCUT2D eigenvalue weighted by Crippen LogP contribution is 2.47. The first-order valence-corrected chi connectivity index (χ1v) is 3.72. The van der Waals surface area contributed by atoms with E-state index in [1.54, 1.807) is 0 Å². The Labute approximate surface area is 66.8 Å². The van der Waals surface area contributed by atoms with E-state index in [9.17, 15) is 21.6 Å². The molecule has 5 nitrogen and oxygen atoms in total. The first kappa shape index (κ1) is 9.71. The first-order valence-electron chi connectivity index (χ1n) is 2.63. The fraction of sp³-hybridized carbons (Fsp3) is 1.00. The number of nitrogens with zero attached hydrogens (tertiary/aromatic N) is 1. The lowest BCUT2D eigenvalue weighted by Gasteiger charge is -2.10. The third-order valence-corrected chi connectivity index (χ3v) is 1.60. The van der Waals surface area contributed by atoms with Gasteiger partial charge in [0.05, 0.1) is 0 Å². The Kier molecular flexibility index (Phi) is 2.07. The Morgan fingerprint density at radius 1 is 1.50 bits per heavy atom. The Hall–Kier alpha value is -0.380. The van der Waals surface area contributed by atoms with Crippen LogP contribution < -0.4 is 0 Å². The van der Waals surface area contributed by atoms with Gasteiger partial charge in [-0.25, -0.2) is 17.4 Å². The molecule has 0 saturated carbocycles. The molecule has 1 aliphatic heterocycles. The molecule has 1 heterocycles. The van der Waals surface area contributed by atoms with E-state index >= 15 is 0 Å². The quantitative estimate of drug-likeness (QED) is 0.494. The molecule has 0 aromatic rings. The molecule has 2 unspecified atom stereocenters. The molecule has 0 aromatic carbocycles. The van der Waals surface area contributed by atoms with Crippen molar-refractivity contribution in [1.29, 1.82) is 0 Å². The van der Waals surface area contributed by atoms with Crippen molar-refractivity contribution in [3.63, 3.8) is 0 Å². The number of hydrogen-bond acceptors (Lipinski definition) is 5. The van der Waals surface area contributed by atoms with E-state index in [1.807, 2.05) is 0 Å². The molecule has 1 aliphatic rings. The average molecular weight is 207 g/mol. The van der Waals surface area contributed by atoms with Gasteiger partial charge in [-0.1, -0.05) is 0 Å². The van der Waals surface area contributed by atoms with Crippen molar-refractivity contribution < 1.29 is 30.6 Å². The van der Waals surface area contributed by atoms with Crippen LogP contribution in [0.3, 0.4) is 0 Å². The number of thiol groups is 1. The summed E-state index contributed by atoms with van der Waals surface area (Å²) in [5.41, 5.74) is 0. The van der Waals surface area contributed by atoms with Gasteiger partial charge in [0, 0.05) is 7.05 Å². The van der Waals surface area contributed by atoms with E-state index in [2.05, 4.69) is 9.02 Å². The van der Waals surface area contributed by atoms with Crippen LogP contribution in [-0.4, -0.2) is 32.6 Å². The maximum absolute atomic E-state index is 11.9. The van der Waals surface area contributed by atoms with E-state index in [0.29, 0.717) is 0 Å². The fourth-order valence-corrected chi connectivity index (χ4v) is 1.08. The second-order valence-corrected chi connectivity index (χ2v) is 2.61. The zero-order valence-electron chi connectivity index (χ0n) is 5.66. The standard InChI is InChI=1S/C3H4F3NO4S/c1-7-3(10-7,2(4,5)6)11-12(8)9/h12H,1H3. The van der Waals surface area contributed by atoms with Gasteiger partial charge < -0.3 is 0 Å². The maximum Gasteiger partial charge on any atom is 0.464 e. The molecule has 2 atom stereocenters. The molecule has 0 N–H and O–H groups in total. The molecular formula is C3H4F3NO4S. The normalized spacial score (nSPS) is 35.6. The number of hydrogen-bond donors (Lipinski definition) is 1. The zero-order chi connectivity index (χ0) is 9.57. The summed E-state index contributed by atoms with van der Waals surface area (Å²) >= 11 is 0. The van der Waals surface area contributed by atoms with Crippen molar-refractivity contribution in [2.24, 2.45) is 0 Å². The van der Waals surface area contributed by atoms with Gasteiger partial charge in [0.15, 0.2) is 0 Å². The third kappa shape index (κ3) is 1.40. The van der Waals surface area contributed by atoms with Crippen molar-refractivity contribution in [2.45, 2.75) is 12.1 Å². The van der Waals surface area contributed by atoms with E-state index < -0.39 is 23.1 Å². The summed E-state index contributed by atoms with van der Waals surface area (Å²) in [6, 6.07) is 0. The number of halogens is 3. The maximum atomic E-state index is 11.9. The van der Waals surface area contributed by atoms with Gasteiger partial charge in [-0.2, -0.15) is 13.2 Å². The summed E-state index contributed by atoms with van der Waals surface area (Å²) in [5, 5.41) is 0.262. The number of hydroxylamine groups is 2. The van der Waals surface area contributed by atoms with Crippen LogP contribution in [0.25, 0.3) is 0 Å². The third-order valence-electron chi connectivity index (χ3n) is 1.20. The highest BCUT2D eigenvalue weighted by atomic mass is 32.2. The van der Waals surface area contributed by atoms with Crippen molar-refractivity contribution >= 4 is 11.0 Å². The van der Waals surface area contributed by atoms with Gasteiger partial charge in [-0.15, -0.1) is 5.06 Å². The summed E-state index contributed by atoms with van der Waals surface area (Å²) in [7, 11) is -2.69. The summed E-state index contributed by atoms with van der Waals surface area (Å²) in [6.45, 7) is 0. The highest BCUT2D eigenvalue weighted by Gasteiger charge is 2.75. The number of alkyl halides is 3. The van der Waals surface area contributed by atoms with E-state index in [1.165, 1.54) is 0 Å². The minimum atomic E-state index is -4.89. The lowest BCUT2D eigenvalue weighted by Crippen LogP contribution is -2.38. The van der Waals surface area contributed by atoms with Gasteiger partial charge in [-0.05, 0) is 0 Å². The molecule has 0 spiro atoms. The molecule has 0 radical (unpaired) electrons. The molecule has 0 bridgehead atoms. The Bertz CT molecular complexity index is 255. The average Bonchev–Trinajstić information content (AvgIpc) is 2.38. The van der Waals surface area contributed by atoms with Crippen molar-refractivity contribution in [2.75, 3.05) is 7.05 Å². The van der Waals surface area contributed by atoms with Crippen LogP contribution in [0.1, 0.15) is 0 Å². The second-order valence-electron chi connectivity index (χ2n) is 1.98. The van der Waals surface area contributed by atoms with Crippen LogP contribution in [0.2, 0.25) is 0 Å². The topological polar surface area (TPSA) is 58.9 Å². The monoisotopic (exact) mass is 207 g/mol. The minimum absolute atomic E-state index is 0.262. The Morgan fingerprint density at radius 3 is 2.00 bits per heavy atom. The molecule has 1 fully saturated rings. The van der Waals surface area contributed by atoms with Gasteiger partial charge in [0.1, 0.15) is 0 Å². The predicted octanol–water partition coefficient (Wildman–Crippen LogP) is -0.377. The van der Waals surface area contributed by atoms with Gasteiger partial charge >= 0.3 is 12.1 Å². The summed E-state index contributed by atoms with van der Waals surface area (Å²) < 4.78 is 59.1. The first-order chi connectivity index (χ1) is 5.29. The minimum Gasteiger partial charge on any atom is -0.232 e. The molecule has 9 heteroatoms. The van der Waals surface area contributed by atoms with Gasteiger partial charge in [0.2, 0.25) is 0 Å². The smallest absolute Gasteiger partial charge is 0.232 e. The Morgan fingerprint density at radius 2 is 1.92 bits per heavy atom. The predicted molar refractivity (Wildman–Crippen MR) is 29.0 cm³/mol. The lowest BCUT2D eigenvalue weighted by atomic mass is 10.5. The lowest BCUT2D eigenvalue weighted by molar-refractivity contribution is -0.244. The summed E-state index contributed by atoms with van der Waals surface area (Å²) in [4.78, 5) is 3.88. The molecule has 0 aromatic heterocycles. The largest absolute Gasteiger partial charge is 0.464 e. The van der Waals surface area contributed by atoms with Crippen LogP contribution in [0.15, 0.2) is 0 Å². The van der Waals surface area contributed by atoms with E-state index in [0.717, 1.165) is 7.05 Å². The van der Waals surface area contributed by atoms with Crippen LogP contribution in [0.5, 0.6) is 0 Å². The van der Waals surface area contributed by atoms with Crippen LogP contribution in [0, 0.1) is 0 Å². The summed E-state index contributed by atoms with van der Waals surface area (Å²) in [5.74, 6) is -3.10. The fourth-order valence-electron chi connectivity index (χ4n) is 0.622. The van der Waals surface area contributed by atoms with Crippen LogP contribution in [0.4, 0.5) is 13.2 Å². The molecule has 12 heavy (non-hydrogen) atoms. The molecule has 0 amide bonds. The molecular weight excluding hydrogens is 203 g/mol. The van der Waals surface area contributed by atoms with Crippen LogP contribution >= 0.6 is 0 Å². The van der Waals surface area contributed by atoms with Gasteiger partial charge in [0.25, 0.3) is 11.0 Å². The molecule has 1 rings (SSSR count). The summed E-state index contributed by atoms with van der Waals surface area (Å²) in [6.07, 6.45) is -4.89. The van der Waals surface area contributed by atoms with Gasteiger partial charge in [-0.3, -0.25) is 0 Å². The zero-order valence-corrected chi connectivity index (χ0v) is 6.56. The van der Waals surface area contributed by atoms with E-state index in [-0.39, 0.29) is 5.06 Å². The number of rotatable bonds is 2. The van der Waals surface area contributed by atoms with Crippen molar-refractivity contribution in [1.82, 2.24) is 5.06 Å². The SMILES string of the molecule is CN1OC1(O[SH](=O)=O)C(F)(F)F. The second kappa shape index (κ2) is 2.55. The molecule has 72 valence electrons. The Balaban J connectivity index is 2.80. The molecule has 1 saturated heterocycles. The van der Waals surface area contributed by atoms with Crippen LogP contribution in [-0.2, 0) is 20.0 Å². The van der Waals surface area contributed by atoms with Crippen molar-refractivity contribution in [3.8, 4) is 0 Å².